The molecule has 2 heteroatoms. The van der Waals surface area contributed by atoms with Gasteiger partial charge >= 0.3 is 0 Å². The Morgan fingerprint density at radius 3 is 1.80 bits per heavy atom. The summed E-state index contributed by atoms with van der Waals surface area (Å²) in [5.74, 6) is 0. The van der Waals surface area contributed by atoms with E-state index in [2.05, 4.69) is 30.8 Å². The molecule has 0 aliphatic heterocycles. The summed E-state index contributed by atoms with van der Waals surface area (Å²) in [6, 6.07) is 6.69. The summed E-state index contributed by atoms with van der Waals surface area (Å²) in [5, 5.41) is 0. The number of pyridine rings is 1. The van der Waals surface area contributed by atoms with E-state index in [1.54, 1.807) is 0 Å². The van der Waals surface area contributed by atoms with Crippen LogP contribution in [0.3, 0.4) is 0 Å². The van der Waals surface area contributed by atoms with Gasteiger partial charge in [-0.15, -0.1) is 0 Å². The second-order valence-electron chi connectivity index (χ2n) is 2.42. The molecule has 1 nitrogen and oxygen atoms in total. The summed E-state index contributed by atoms with van der Waals surface area (Å²) in [5.41, 5.74) is 0. The topological polar surface area (TPSA) is 3.88 Å². The zero-order valence-electron chi connectivity index (χ0n) is 6.29. The zero-order valence-corrected chi connectivity index (χ0v) is 7.05. The van der Waals surface area contributed by atoms with Crippen LogP contribution in [0.2, 0.25) is 0 Å². The van der Waals surface area contributed by atoms with Gasteiger partial charge in [-0.3, -0.25) is 0 Å². The van der Waals surface area contributed by atoms with Crippen molar-refractivity contribution in [3.63, 3.8) is 0 Å². The van der Waals surface area contributed by atoms with Crippen molar-refractivity contribution in [3.8, 4) is 0 Å². The van der Waals surface area contributed by atoms with Gasteiger partial charge in [0.15, 0.2) is 18.4 Å². The van der Waals surface area contributed by atoms with Crippen LogP contribution in [-0.2, 0) is 0 Å². The molecule has 0 aliphatic rings. The molecule has 0 saturated carbocycles. The zero-order chi connectivity index (χ0) is 6.69. The smallest absolute Gasteiger partial charge is 0.169 e. The van der Waals surface area contributed by atoms with E-state index in [0.717, 1.165) is 0 Å². The average Bonchev–Trinajstić information content (AvgIpc) is 1.90. The third-order valence-electron chi connectivity index (χ3n) is 1.33. The molecule has 0 spiro atoms. The number of hydrogen-bond donors (Lipinski definition) is 0. The van der Waals surface area contributed by atoms with Crippen molar-refractivity contribution >= 4 is 0 Å². The van der Waals surface area contributed by atoms with Crippen molar-refractivity contribution in [2.75, 3.05) is 0 Å². The van der Waals surface area contributed by atoms with Crippen LogP contribution in [0.25, 0.3) is 0 Å². The molecule has 0 fully saturated rings. The molecule has 0 amide bonds. The Hall–Kier alpha value is -0.560. The van der Waals surface area contributed by atoms with Crippen molar-refractivity contribution < 1.29 is 17.0 Å². The van der Waals surface area contributed by atoms with Gasteiger partial charge in [-0.05, 0) is 13.8 Å². The largest absolute Gasteiger partial charge is 1.00 e. The van der Waals surface area contributed by atoms with Crippen LogP contribution in [-0.4, -0.2) is 0 Å². The number of nitrogens with zero attached hydrogens (tertiary/aromatic N) is 1. The highest BCUT2D eigenvalue weighted by Gasteiger charge is 2.00. The van der Waals surface area contributed by atoms with Crippen LogP contribution in [0.4, 0.5) is 0 Å². The number of rotatable bonds is 1. The van der Waals surface area contributed by atoms with Gasteiger partial charge in [-0.25, -0.2) is 4.57 Å². The molecule has 0 atom stereocenters. The van der Waals surface area contributed by atoms with Gasteiger partial charge in [-0.1, -0.05) is 6.07 Å². The Morgan fingerprint density at radius 1 is 1.00 bits per heavy atom. The predicted octanol–water partition coefficient (Wildman–Crippen LogP) is -1.44. The van der Waals surface area contributed by atoms with Gasteiger partial charge in [0.05, 0.1) is 0 Å². The van der Waals surface area contributed by atoms with E-state index in [0.29, 0.717) is 6.04 Å². The van der Waals surface area contributed by atoms with E-state index < -0.39 is 0 Å². The monoisotopic (exact) mass is 157 g/mol. The Kier molecular flexibility index (Phi) is 4.05. The van der Waals surface area contributed by atoms with Gasteiger partial charge < -0.3 is 12.4 Å². The molecule has 0 aliphatic carbocycles. The van der Waals surface area contributed by atoms with Crippen molar-refractivity contribution in [2.24, 2.45) is 0 Å². The lowest BCUT2D eigenvalue weighted by Crippen LogP contribution is -3.00. The molecule has 0 N–H and O–H groups in total. The number of hydrogen-bond acceptors (Lipinski definition) is 0. The predicted molar refractivity (Wildman–Crippen MR) is 37.0 cm³/mol. The summed E-state index contributed by atoms with van der Waals surface area (Å²) >= 11 is 0. The van der Waals surface area contributed by atoms with Crippen molar-refractivity contribution in [1.82, 2.24) is 0 Å². The molecule has 10 heavy (non-hydrogen) atoms. The lowest BCUT2D eigenvalue weighted by Gasteiger charge is -1.96. The minimum Gasteiger partial charge on any atom is -1.00 e. The van der Waals surface area contributed by atoms with Crippen LogP contribution >= 0.6 is 0 Å². The normalized spacial score (nSPS) is 9.10. The molecular formula is C8H12ClN. The van der Waals surface area contributed by atoms with E-state index in [-0.39, 0.29) is 12.4 Å². The molecule has 1 heterocycles. The molecule has 0 saturated heterocycles. The average molecular weight is 158 g/mol. The van der Waals surface area contributed by atoms with Crippen LogP contribution in [0.1, 0.15) is 19.9 Å². The standard InChI is InChI=1S/C8H12N.ClH/c1-8(2)9-6-4-3-5-7-9;/h3-8H,1-2H3;1H/q+1;/p-1. The third kappa shape index (κ3) is 2.36. The van der Waals surface area contributed by atoms with Gasteiger partial charge in [0.25, 0.3) is 0 Å². The lowest BCUT2D eigenvalue weighted by atomic mass is 10.3. The first-order valence-corrected chi connectivity index (χ1v) is 3.26. The lowest BCUT2D eigenvalue weighted by molar-refractivity contribution is -0.716. The van der Waals surface area contributed by atoms with E-state index >= 15 is 0 Å². The summed E-state index contributed by atoms with van der Waals surface area (Å²) in [6.07, 6.45) is 4.15. The summed E-state index contributed by atoms with van der Waals surface area (Å²) in [4.78, 5) is 0. The summed E-state index contributed by atoms with van der Waals surface area (Å²) < 4.78 is 2.17. The van der Waals surface area contributed by atoms with E-state index in [1.165, 1.54) is 0 Å². The highest BCUT2D eigenvalue weighted by Crippen LogP contribution is 1.88. The second kappa shape index (κ2) is 4.29. The minimum atomic E-state index is 0. The van der Waals surface area contributed by atoms with E-state index in [1.807, 2.05) is 18.2 Å². The van der Waals surface area contributed by atoms with E-state index in [4.69, 9.17) is 0 Å². The summed E-state index contributed by atoms with van der Waals surface area (Å²) in [6.45, 7) is 4.33. The number of aromatic nitrogens is 1. The Labute approximate surface area is 68.1 Å². The van der Waals surface area contributed by atoms with Crippen LogP contribution in [0, 0.1) is 0 Å². The first-order chi connectivity index (χ1) is 4.30. The molecule has 0 radical (unpaired) electrons. The fourth-order valence-corrected chi connectivity index (χ4v) is 0.756. The SMILES string of the molecule is CC(C)[n+]1ccccc1.[Cl-]. The molecule has 1 aromatic rings. The Morgan fingerprint density at radius 2 is 1.50 bits per heavy atom. The maximum Gasteiger partial charge on any atom is 0.169 e. The van der Waals surface area contributed by atoms with Crippen molar-refractivity contribution in [1.29, 1.82) is 0 Å². The second-order valence-corrected chi connectivity index (χ2v) is 2.42. The quantitative estimate of drug-likeness (QED) is 0.440. The van der Waals surface area contributed by atoms with Crippen molar-refractivity contribution in [2.45, 2.75) is 19.9 Å². The van der Waals surface area contributed by atoms with Crippen LogP contribution in [0.5, 0.6) is 0 Å². The molecule has 0 bridgehead atoms. The van der Waals surface area contributed by atoms with Crippen LogP contribution in [0.15, 0.2) is 30.6 Å². The van der Waals surface area contributed by atoms with Crippen LogP contribution < -0.4 is 17.0 Å². The first-order valence-electron chi connectivity index (χ1n) is 3.26. The van der Waals surface area contributed by atoms with E-state index in [9.17, 15) is 0 Å². The molecule has 1 rings (SSSR count). The third-order valence-corrected chi connectivity index (χ3v) is 1.33. The fraction of sp³-hybridized carbons (Fsp3) is 0.375. The van der Waals surface area contributed by atoms with Gasteiger partial charge in [0.1, 0.15) is 0 Å². The highest BCUT2D eigenvalue weighted by atomic mass is 35.5. The first kappa shape index (κ1) is 9.44. The maximum absolute atomic E-state index is 2.17. The molecule has 0 unspecified atom stereocenters. The van der Waals surface area contributed by atoms with Gasteiger partial charge in [-0.2, -0.15) is 0 Å². The number of halogens is 1. The molecule has 1 aromatic heterocycles. The Balaban J connectivity index is 0.000000810. The van der Waals surface area contributed by atoms with Crippen molar-refractivity contribution in [3.05, 3.63) is 30.6 Å². The maximum atomic E-state index is 2.17. The molecule has 0 aromatic carbocycles. The highest BCUT2D eigenvalue weighted by molar-refractivity contribution is 4.83. The Bertz CT molecular complexity index is 172. The van der Waals surface area contributed by atoms with Gasteiger partial charge in [0, 0.05) is 12.1 Å². The molecular weight excluding hydrogens is 146 g/mol. The minimum absolute atomic E-state index is 0. The van der Waals surface area contributed by atoms with Gasteiger partial charge in [0.2, 0.25) is 0 Å². The molecule has 56 valence electrons. The summed E-state index contributed by atoms with van der Waals surface area (Å²) in [7, 11) is 0. The fourth-order valence-electron chi connectivity index (χ4n) is 0.756.